The Labute approximate surface area is 240 Å². The van der Waals surface area contributed by atoms with Gasteiger partial charge in [0, 0.05) is 0 Å². The molecule has 8 aromatic rings. The van der Waals surface area contributed by atoms with E-state index in [2.05, 4.69) is 170 Å². The van der Waals surface area contributed by atoms with Gasteiger partial charge in [0.25, 0.3) is 0 Å². The summed E-state index contributed by atoms with van der Waals surface area (Å²) < 4.78 is 0. The van der Waals surface area contributed by atoms with Crippen LogP contribution in [0, 0.1) is 0 Å². The molecule has 8 aromatic carbocycles. The fourth-order valence-corrected chi connectivity index (χ4v) is 12.7. The van der Waals surface area contributed by atoms with Gasteiger partial charge in [-0.25, -0.2) is 0 Å². The van der Waals surface area contributed by atoms with E-state index in [4.69, 9.17) is 0 Å². The second kappa shape index (κ2) is 9.70. The SMILES string of the molecule is c1ccc2c([PH](c3cccc4ccccc34)(c3cccc4ccccc34)c3cccc4ccccc34)cccc2c1. The zero-order valence-electron chi connectivity index (χ0n) is 22.7. The van der Waals surface area contributed by atoms with Gasteiger partial charge in [-0.15, -0.1) is 0 Å². The fourth-order valence-electron chi connectivity index (χ4n) is 7.08. The molecule has 0 aromatic heterocycles. The van der Waals surface area contributed by atoms with Crippen LogP contribution in [0.1, 0.15) is 0 Å². The van der Waals surface area contributed by atoms with Gasteiger partial charge in [-0.2, -0.15) is 0 Å². The molecule has 0 radical (unpaired) electrons. The van der Waals surface area contributed by atoms with E-state index in [1.165, 1.54) is 64.3 Å². The summed E-state index contributed by atoms with van der Waals surface area (Å²) in [5, 5.41) is 16.2. The van der Waals surface area contributed by atoms with Crippen molar-refractivity contribution in [3.8, 4) is 0 Å². The topological polar surface area (TPSA) is 0 Å². The Morgan fingerprint density at radius 1 is 0.220 bits per heavy atom. The maximum absolute atomic E-state index is 2.96. The summed E-state index contributed by atoms with van der Waals surface area (Å²) in [4.78, 5) is 0. The average Bonchev–Trinajstić information content (AvgIpc) is 3.05. The molecule has 0 saturated carbocycles. The monoisotopic (exact) mass is 540 g/mol. The van der Waals surface area contributed by atoms with Crippen molar-refractivity contribution in [1.29, 1.82) is 0 Å². The molecule has 0 atom stereocenters. The summed E-state index contributed by atoms with van der Waals surface area (Å²) in [6, 6.07) is 63.5. The molecule has 0 heterocycles. The number of fused-ring (bicyclic) bond motifs is 4. The van der Waals surface area contributed by atoms with Crippen LogP contribution in [0.2, 0.25) is 0 Å². The van der Waals surface area contributed by atoms with E-state index in [1.807, 2.05) is 0 Å². The molecule has 0 nitrogen and oxygen atoms in total. The van der Waals surface area contributed by atoms with Crippen LogP contribution in [0.25, 0.3) is 43.1 Å². The molecule has 0 aliphatic rings. The van der Waals surface area contributed by atoms with Gasteiger partial charge in [-0.05, 0) is 0 Å². The van der Waals surface area contributed by atoms with Crippen LogP contribution in [0.4, 0.5) is 0 Å². The van der Waals surface area contributed by atoms with Crippen LogP contribution in [-0.4, -0.2) is 0 Å². The van der Waals surface area contributed by atoms with Gasteiger partial charge in [0.15, 0.2) is 0 Å². The van der Waals surface area contributed by atoms with Crippen molar-refractivity contribution in [2.24, 2.45) is 0 Å². The summed E-state index contributed by atoms with van der Waals surface area (Å²) in [5.41, 5.74) is 0. The zero-order chi connectivity index (χ0) is 27.2. The second-order valence-electron chi connectivity index (χ2n) is 10.9. The summed E-state index contributed by atoms with van der Waals surface area (Å²) >= 11 is 0. The van der Waals surface area contributed by atoms with E-state index in [9.17, 15) is 0 Å². The first kappa shape index (κ1) is 24.1. The Kier molecular flexibility index (Phi) is 5.69. The van der Waals surface area contributed by atoms with Crippen LogP contribution in [0.5, 0.6) is 0 Å². The van der Waals surface area contributed by atoms with Gasteiger partial charge in [0.05, 0.1) is 0 Å². The van der Waals surface area contributed by atoms with Gasteiger partial charge >= 0.3 is 241 Å². The van der Waals surface area contributed by atoms with Gasteiger partial charge in [0.1, 0.15) is 0 Å². The van der Waals surface area contributed by atoms with E-state index >= 15 is 0 Å². The molecular formula is C40H29P. The molecule has 194 valence electrons. The van der Waals surface area contributed by atoms with Crippen molar-refractivity contribution in [2.45, 2.75) is 0 Å². The first-order chi connectivity index (χ1) is 20.4. The molecule has 0 fully saturated rings. The average molecular weight is 541 g/mol. The minimum atomic E-state index is -2.96. The Hall–Kier alpha value is -4.77. The third-order valence-corrected chi connectivity index (χ3v) is 13.8. The summed E-state index contributed by atoms with van der Waals surface area (Å²) in [6.07, 6.45) is 0. The first-order valence-electron chi connectivity index (χ1n) is 14.3. The van der Waals surface area contributed by atoms with E-state index in [1.54, 1.807) is 0 Å². The Morgan fingerprint density at radius 2 is 0.439 bits per heavy atom. The summed E-state index contributed by atoms with van der Waals surface area (Å²) in [7, 11) is -2.96. The van der Waals surface area contributed by atoms with Crippen molar-refractivity contribution >= 4 is 71.6 Å². The van der Waals surface area contributed by atoms with Crippen molar-refractivity contribution in [3.05, 3.63) is 170 Å². The first-order valence-corrected chi connectivity index (χ1v) is 16.3. The van der Waals surface area contributed by atoms with Crippen LogP contribution in [0.3, 0.4) is 0 Å². The molecular weight excluding hydrogens is 511 g/mol. The van der Waals surface area contributed by atoms with Crippen molar-refractivity contribution in [2.75, 3.05) is 0 Å². The third-order valence-electron chi connectivity index (χ3n) is 8.77. The van der Waals surface area contributed by atoms with Crippen molar-refractivity contribution in [1.82, 2.24) is 0 Å². The predicted octanol–water partition coefficient (Wildman–Crippen LogP) is 8.65. The quantitative estimate of drug-likeness (QED) is 0.196. The third kappa shape index (κ3) is 3.65. The van der Waals surface area contributed by atoms with Crippen molar-refractivity contribution < 1.29 is 0 Å². The Bertz CT molecular complexity index is 1880. The van der Waals surface area contributed by atoms with Crippen LogP contribution in [-0.2, 0) is 0 Å². The minimum absolute atomic E-state index is 1.28. The van der Waals surface area contributed by atoms with E-state index in [-0.39, 0.29) is 0 Å². The predicted molar refractivity (Wildman–Crippen MR) is 183 cm³/mol. The van der Waals surface area contributed by atoms with E-state index in [0.717, 1.165) is 0 Å². The summed E-state index contributed by atoms with van der Waals surface area (Å²) in [6.45, 7) is 0. The fraction of sp³-hybridized carbons (Fsp3) is 0. The molecule has 1 heteroatoms. The van der Waals surface area contributed by atoms with Gasteiger partial charge in [-0.3, -0.25) is 0 Å². The van der Waals surface area contributed by atoms with Crippen LogP contribution < -0.4 is 21.2 Å². The Morgan fingerprint density at radius 3 is 0.707 bits per heavy atom. The standard InChI is InChI=1S/C40H29P/c1-5-21-33-29(13-1)17-9-25-37(33)41(38-26-10-18-30-14-2-6-22-34(30)38,39-27-11-19-31-15-3-7-23-35(31)39)40-28-12-20-32-16-4-8-24-36(32)40/h1-28,41H. The molecule has 0 aliphatic heterocycles. The maximum atomic E-state index is 2.42. The number of hydrogen-bond acceptors (Lipinski definition) is 0. The molecule has 0 saturated heterocycles. The van der Waals surface area contributed by atoms with Gasteiger partial charge in [0.2, 0.25) is 0 Å². The summed E-state index contributed by atoms with van der Waals surface area (Å²) in [5.74, 6) is 0. The normalized spacial score (nSPS) is 12.3. The zero-order valence-corrected chi connectivity index (χ0v) is 23.7. The molecule has 0 aliphatic carbocycles. The molecule has 8 rings (SSSR count). The number of rotatable bonds is 4. The van der Waals surface area contributed by atoms with E-state index in [0.29, 0.717) is 0 Å². The molecule has 0 spiro atoms. The Balaban J connectivity index is 1.70. The number of benzene rings is 8. The molecule has 0 amide bonds. The molecule has 0 bridgehead atoms. The van der Waals surface area contributed by atoms with Crippen LogP contribution >= 0.6 is 7.26 Å². The molecule has 0 unspecified atom stereocenters. The molecule has 0 N–H and O–H groups in total. The van der Waals surface area contributed by atoms with Crippen molar-refractivity contribution in [3.63, 3.8) is 0 Å². The second-order valence-corrected chi connectivity index (χ2v) is 14.5. The number of hydrogen-bond donors (Lipinski definition) is 0. The van der Waals surface area contributed by atoms with E-state index < -0.39 is 7.26 Å². The van der Waals surface area contributed by atoms with Crippen LogP contribution in [0.15, 0.2) is 170 Å². The van der Waals surface area contributed by atoms with Gasteiger partial charge in [-0.1, -0.05) is 0 Å². The molecule has 41 heavy (non-hydrogen) atoms. The van der Waals surface area contributed by atoms with Gasteiger partial charge < -0.3 is 0 Å².